The zero-order valence-electron chi connectivity index (χ0n) is 21.0. The van der Waals surface area contributed by atoms with Crippen LogP contribution in [0.3, 0.4) is 0 Å². The van der Waals surface area contributed by atoms with Gasteiger partial charge in [-0.15, -0.1) is 0 Å². The van der Waals surface area contributed by atoms with E-state index in [1.54, 1.807) is 0 Å². The third-order valence-electron chi connectivity index (χ3n) is 7.59. The van der Waals surface area contributed by atoms with Crippen molar-refractivity contribution in [3.63, 3.8) is 0 Å². The van der Waals surface area contributed by atoms with E-state index in [2.05, 4.69) is 88.4 Å². The number of nitrogens with zero attached hydrogens (tertiary/aromatic N) is 1. The quantitative estimate of drug-likeness (QED) is 0.235. The molecule has 3 aromatic rings. The number of phenolic OH excluding ortho intramolecular Hbond substituents is 1. The van der Waals surface area contributed by atoms with Crippen LogP contribution in [0.5, 0.6) is 5.75 Å². The van der Waals surface area contributed by atoms with Gasteiger partial charge in [-0.3, -0.25) is 4.99 Å². The van der Waals surface area contributed by atoms with Crippen LogP contribution in [-0.4, -0.2) is 17.4 Å². The van der Waals surface area contributed by atoms with Gasteiger partial charge in [0.15, 0.2) is 0 Å². The molecule has 3 aromatic carbocycles. The van der Waals surface area contributed by atoms with Crippen LogP contribution >= 0.6 is 17.0 Å². The van der Waals surface area contributed by atoms with Gasteiger partial charge >= 0.3 is 37.9 Å². The van der Waals surface area contributed by atoms with Crippen molar-refractivity contribution in [3.8, 4) is 5.75 Å². The van der Waals surface area contributed by atoms with Crippen LogP contribution in [0.4, 0.5) is 0 Å². The summed E-state index contributed by atoms with van der Waals surface area (Å²) in [6.07, 6.45) is 5.58. The van der Waals surface area contributed by atoms with Gasteiger partial charge in [0.25, 0.3) is 0 Å². The van der Waals surface area contributed by atoms with Crippen LogP contribution in [0.1, 0.15) is 67.9 Å². The molecule has 0 amide bonds. The first-order valence-corrected chi connectivity index (χ1v) is 18.6. The van der Waals surface area contributed by atoms with E-state index in [-0.39, 0.29) is 0 Å². The topological polar surface area (TPSA) is 32.6 Å². The van der Waals surface area contributed by atoms with E-state index >= 15 is 0 Å². The van der Waals surface area contributed by atoms with Crippen LogP contribution < -0.4 is 0 Å². The van der Waals surface area contributed by atoms with E-state index in [0.29, 0.717) is 23.6 Å². The second kappa shape index (κ2) is 13.2. The normalized spacial score (nSPS) is 20.2. The molecule has 1 N–H and O–H groups in total. The van der Waals surface area contributed by atoms with E-state index in [0.717, 1.165) is 34.2 Å². The summed E-state index contributed by atoms with van der Waals surface area (Å²) in [4.78, 5) is 4.97. The van der Waals surface area contributed by atoms with Crippen molar-refractivity contribution in [2.75, 3.05) is 0 Å². The molecule has 1 fully saturated rings. The van der Waals surface area contributed by atoms with Gasteiger partial charge in [0.2, 0.25) is 0 Å². The van der Waals surface area contributed by atoms with Gasteiger partial charge in [0.05, 0.1) is 6.04 Å². The van der Waals surface area contributed by atoms with Crippen LogP contribution in [0.15, 0.2) is 77.8 Å². The van der Waals surface area contributed by atoms with Gasteiger partial charge in [-0.25, -0.2) is 0 Å². The molecule has 3 atom stereocenters. The number of halogens is 2. The molecule has 0 heterocycles. The Morgan fingerprint density at radius 1 is 0.943 bits per heavy atom. The number of rotatable bonds is 5. The number of aliphatic imine (C=N–C) groups is 1. The van der Waals surface area contributed by atoms with Gasteiger partial charge in [0, 0.05) is 22.8 Å². The van der Waals surface area contributed by atoms with Crippen molar-refractivity contribution < 1.29 is 26.0 Å². The fourth-order valence-electron chi connectivity index (χ4n) is 5.25. The number of hydrogen-bond acceptors (Lipinski definition) is 2. The van der Waals surface area contributed by atoms with Crippen molar-refractivity contribution in [3.05, 3.63) is 101 Å². The molecule has 2 nitrogen and oxygen atoms in total. The Morgan fingerprint density at radius 3 is 2.03 bits per heavy atom. The molecule has 1 aliphatic rings. The Labute approximate surface area is 229 Å². The minimum absolute atomic E-state index is 0.325. The zero-order chi connectivity index (χ0) is 25.4. The molecule has 184 valence electrons. The summed E-state index contributed by atoms with van der Waals surface area (Å²) in [5.74, 6) is 1.60. The molecular formula is C30H35Cl2NOZr. The van der Waals surface area contributed by atoms with Crippen molar-refractivity contribution in [1.29, 1.82) is 0 Å². The van der Waals surface area contributed by atoms with Crippen molar-refractivity contribution in [1.82, 2.24) is 0 Å². The number of benzene rings is 3. The number of aryl methyl sites for hydroxylation is 1. The Hall–Kier alpha value is -1.41. The third-order valence-corrected chi connectivity index (χ3v) is 7.59. The van der Waals surface area contributed by atoms with Crippen molar-refractivity contribution in [2.45, 2.75) is 58.4 Å². The number of aromatic hydroxyl groups is 1. The van der Waals surface area contributed by atoms with E-state index in [9.17, 15) is 5.11 Å². The minimum atomic E-state index is -0.826. The number of phenols is 1. The molecule has 0 radical (unpaired) electrons. The van der Waals surface area contributed by atoms with Crippen LogP contribution in [0, 0.1) is 18.8 Å². The standard InChI is InChI=1S/C30H35NO.2ClH.Zr/c1-21-18-24(20-31-28-17-11-12-22(2)23(28)3)29(32)27(19-21)30(4,25-13-7-5-8-14-25)26-15-9-6-10-16-26;;;/h5-10,13-16,18-20,22-23,28,32H,11-12,17H2,1-4H3;2*1H;/q;;;+2/p-2. The van der Waals surface area contributed by atoms with Gasteiger partial charge in [-0.1, -0.05) is 93.4 Å². The molecule has 1 saturated carbocycles. The third kappa shape index (κ3) is 6.68. The first-order chi connectivity index (χ1) is 16.8. The summed E-state index contributed by atoms with van der Waals surface area (Å²) >= 11 is -0.826. The molecule has 35 heavy (non-hydrogen) atoms. The molecule has 0 spiro atoms. The van der Waals surface area contributed by atoms with Gasteiger partial charge in [-0.2, -0.15) is 0 Å². The number of hydrogen-bond donors (Lipinski definition) is 1. The summed E-state index contributed by atoms with van der Waals surface area (Å²) in [5.41, 5.74) is 4.69. The molecular weight excluding hydrogens is 552 g/mol. The monoisotopic (exact) mass is 585 g/mol. The molecule has 0 saturated heterocycles. The van der Waals surface area contributed by atoms with E-state index in [1.165, 1.54) is 12.8 Å². The first-order valence-electron chi connectivity index (χ1n) is 12.3. The SMILES string of the molecule is Cc1cc(C=NC2CCCC(C)C2C)c(O)c(C(C)(c2ccccc2)c2ccccc2)c1.[Cl][Zr][Cl]. The fourth-order valence-corrected chi connectivity index (χ4v) is 5.25. The second-order valence-electron chi connectivity index (χ2n) is 9.79. The zero-order valence-corrected chi connectivity index (χ0v) is 25.0. The van der Waals surface area contributed by atoms with Crippen molar-refractivity contribution >= 4 is 23.2 Å². The Kier molecular flexibility index (Phi) is 10.6. The van der Waals surface area contributed by atoms with E-state index in [1.807, 2.05) is 18.3 Å². The average Bonchev–Trinajstić information content (AvgIpc) is 2.87. The second-order valence-corrected chi connectivity index (χ2v) is 13.5. The maximum absolute atomic E-state index is 11.5. The predicted octanol–water partition coefficient (Wildman–Crippen LogP) is 8.68. The van der Waals surface area contributed by atoms with Crippen molar-refractivity contribution in [2.24, 2.45) is 16.8 Å². The summed E-state index contributed by atoms with van der Waals surface area (Å²) in [5, 5.41) is 11.5. The Morgan fingerprint density at radius 2 is 1.49 bits per heavy atom. The average molecular weight is 588 g/mol. The summed E-state index contributed by atoms with van der Waals surface area (Å²) in [7, 11) is 9.87. The van der Waals surface area contributed by atoms with Crippen LogP contribution in [0.25, 0.3) is 0 Å². The molecule has 3 unspecified atom stereocenters. The molecule has 4 rings (SSSR count). The summed E-state index contributed by atoms with van der Waals surface area (Å²) < 4.78 is 0. The first kappa shape index (κ1) is 28.2. The van der Waals surface area contributed by atoms with Crippen LogP contribution in [-0.2, 0) is 26.3 Å². The van der Waals surface area contributed by atoms with Gasteiger partial charge in [0.1, 0.15) is 5.75 Å². The maximum atomic E-state index is 11.5. The van der Waals surface area contributed by atoms with E-state index in [4.69, 9.17) is 22.0 Å². The fraction of sp³-hybridized carbons (Fsp3) is 0.367. The molecule has 5 heteroatoms. The molecule has 0 aliphatic heterocycles. The molecule has 1 aliphatic carbocycles. The Balaban J connectivity index is 0.00000108. The molecule has 0 aromatic heterocycles. The summed E-state index contributed by atoms with van der Waals surface area (Å²) in [6, 6.07) is 25.4. The van der Waals surface area contributed by atoms with E-state index < -0.39 is 26.3 Å². The summed E-state index contributed by atoms with van der Waals surface area (Å²) in [6.45, 7) is 8.95. The van der Waals surface area contributed by atoms with Gasteiger partial charge < -0.3 is 5.11 Å². The van der Waals surface area contributed by atoms with Crippen LogP contribution in [0.2, 0.25) is 0 Å². The van der Waals surface area contributed by atoms with Gasteiger partial charge in [-0.05, 0) is 54.9 Å². The Bertz CT molecular complexity index is 1060. The predicted molar refractivity (Wildman–Crippen MR) is 147 cm³/mol. The molecule has 0 bridgehead atoms.